The number of nitrogens with zero attached hydrogens (tertiary/aromatic N) is 1. The number of halogens is 4. The molecule has 0 spiro atoms. The number of hydrogen-bond donors (Lipinski definition) is 1. The quantitative estimate of drug-likeness (QED) is 0.187. The number of nitro groups is 1. The van der Waals surface area contributed by atoms with Crippen LogP contribution in [0.4, 0.5) is 18.9 Å². The minimum atomic E-state index is -4.59. The van der Waals surface area contributed by atoms with Gasteiger partial charge >= 0.3 is 17.8 Å². The molecule has 1 N–H and O–H groups in total. The number of hydrogen-bond acceptors (Lipinski definition) is 8. The van der Waals surface area contributed by atoms with Crippen molar-refractivity contribution in [2.45, 2.75) is 26.1 Å². The van der Waals surface area contributed by atoms with Crippen molar-refractivity contribution < 1.29 is 41.9 Å². The van der Waals surface area contributed by atoms with Gasteiger partial charge in [-0.2, -0.15) is 13.2 Å². The molecule has 0 aliphatic carbocycles. The van der Waals surface area contributed by atoms with Gasteiger partial charge in [0.25, 0.3) is 0 Å². The summed E-state index contributed by atoms with van der Waals surface area (Å²) < 4.78 is 54.2. The Morgan fingerprint density at radius 1 is 1.21 bits per heavy atom. The lowest BCUT2D eigenvalue weighted by Crippen LogP contribution is -2.28. The second-order valence-electron chi connectivity index (χ2n) is 6.79. The predicted octanol–water partition coefficient (Wildman–Crippen LogP) is 5.42. The predicted molar refractivity (Wildman–Crippen MR) is 115 cm³/mol. The fourth-order valence-corrected chi connectivity index (χ4v) is 2.62. The molecule has 13 heteroatoms. The van der Waals surface area contributed by atoms with Gasteiger partial charge in [-0.3, -0.25) is 20.4 Å². The summed E-state index contributed by atoms with van der Waals surface area (Å²) in [7, 11) is 0. The van der Waals surface area contributed by atoms with Crippen molar-refractivity contribution in [3.63, 3.8) is 0 Å². The Hall–Kier alpha value is -3.51. The molecule has 2 aromatic carbocycles. The Labute approximate surface area is 197 Å². The molecule has 0 heterocycles. The zero-order valence-corrected chi connectivity index (χ0v) is 18.7. The van der Waals surface area contributed by atoms with Gasteiger partial charge < -0.3 is 14.2 Å². The van der Waals surface area contributed by atoms with Gasteiger partial charge in [0, 0.05) is 17.8 Å². The monoisotopic (exact) mass is 504 g/mol. The Kier molecular flexibility index (Phi) is 9.10. The minimum Gasteiger partial charge on any atom is -0.472 e. The number of alkyl halides is 3. The number of benzene rings is 2. The summed E-state index contributed by atoms with van der Waals surface area (Å²) in [6, 6.07) is 5.84. The van der Waals surface area contributed by atoms with Crippen LogP contribution in [0.25, 0.3) is 0 Å². The van der Waals surface area contributed by atoms with E-state index >= 15 is 0 Å². The lowest BCUT2D eigenvalue weighted by atomic mass is 10.2. The standard InChI is InChI=1S/C21H20ClF3N2O7/c1-12(2)26-32-9-8-31-20(28)13(3)33-19-11-15(5-6-17(19)27(29)30)34-18-7-4-14(10-16(18)22)21(23,24)25/h4-7,10-11,13,26H,1,8-9H2,2-3H3. The molecule has 0 saturated heterocycles. The number of allylic oxidation sites excluding steroid dienone is 1. The molecule has 0 radical (unpaired) electrons. The van der Waals surface area contributed by atoms with Crippen molar-refractivity contribution in [3.8, 4) is 17.2 Å². The van der Waals surface area contributed by atoms with E-state index in [1.165, 1.54) is 13.0 Å². The summed E-state index contributed by atoms with van der Waals surface area (Å²) in [6.45, 7) is 6.44. The molecule has 0 fully saturated rings. The Bertz CT molecular complexity index is 1060. The summed E-state index contributed by atoms with van der Waals surface area (Å²) in [5, 5.41) is 11.0. The third kappa shape index (κ3) is 7.81. The lowest BCUT2D eigenvalue weighted by molar-refractivity contribution is -0.386. The topological polar surface area (TPSA) is 109 Å². The van der Waals surface area contributed by atoms with Crippen LogP contribution in [0.1, 0.15) is 19.4 Å². The van der Waals surface area contributed by atoms with E-state index in [-0.39, 0.29) is 35.5 Å². The van der Waals surface area contributed by atoms with E-state index in [0.29, 0.717) is 11.8 Å². The van der Waals surface area contributed by atoms with E-state index < -0.39 is 34.4 Å². The molecule has 2 aromatic rings. The van der Waals surface area contributed by atoms with Crippen LogP contribution in [-0.2, 0) is 20.5 Å². The van der Waals surface area contributed by atoms with E-state index in [1.807, 2.05) is 0 Å². The van der Waals surface area contributed by atoms with Crippen molar-refractivity contribution >= 4 is 23.3 Å². The molecule has 184 valence electrons. The summed E-state index contributed by atoms with van der Waals surface area (Å²) in [5.74, 6) is -1.28. The number of carbonyl (C=O) groups excluding carboxylic acids is 1. The van der Waals surface area contributed by atoms with Crippen LogP contribution < -0.4 is 15.0 Å². The van der Waals surface area contributed by atoms with E-state index in [9.17, 15) is 28.1 Å². The number of hydroxylamine groups is 1. The fourth-order valence-electron chi connectivity index (χ4n) is 2.40. The highest BCUT2D eigenvalue weighted by Crippen LogP contribution is 2.38. The van der Waals surface area contributed by atoms with Gasteiger partial charge in [0.05, 0.1) is 15.5 Å². The molecule has 2 rings (SSSR count). The summed E-state index contributed by atoms with van der Waals surface area (Å²) >= 11 is 5.88. The van der Waals surface area contributed by atoms with Crippen LogP contribution in [0.15, 0.2) is 48.7 Å². The second kappa shape index (κ2) is 11.6. The number of ether oxygens (including phenoxy) is 3. The van der Waals surface area contributed by atoms with Gasteiger partial charge in [-0.25, -0.2) is 4.79 Å². The normalized spacial score (nSPS) is 11.9. The fraction of sp³-hybridized carbons (Fsp3) is 0.286. The van der Waals surface area contributed by atoms with Crippen LogP contribution in [0.3, 0.4) is 0 Å². The summed E-state index contributed by atoms with van der Waals surface area (Å²) in [6.07, 6.45) is -5.83. The average Bonchev–Trinajstić information content (AvgIpc) is 2.73. The van der Waals surface area contributed by atoms with Crippen LogP contribution in [-0.4, -0.2) is 30.2 Å². The molecule has 0 aliphatic heterocycles. The SMILES string of the molecule is C=C(C)NOCCOC(=O)C(C)Oc1cc(Oc2ccc(C(F)(F)F)cc2Cl)ccc1[N+](=O)[O-]. The van der Waals surface area contributed by atoms with E-state index in [1.54, 1.807) is 6.92 Å². The third-order valence-electron chi connectivity index (χ3n) is 3.93. The first-order valence-corrected chi connectivity index (χ1v) is 9.96. The number of nitrogens with one attached hydrogen (secondary N) is 1. The maximum absolute atomic E-state index is 12.8. The van der Waals surface area contributed by atoms with E-state index in [2.05, 4.69) is 12.1 Å². The van der Waals surface area contributed by atoms with Gasteiger partial charge in [0.1, 0.15) is 24.7 Å². The van der Waals surface area contributed by atoms with Crippen LogP contribution in [0.2, 0.25) is 5.02 Å². The Morgan fingerprint density at radius 2 is 1.91 bits per heavy atom. The molecule has 0 bridgehead atoms. The van der Waals surface area contributed by atoms with Gasteiger partial charge in [0.2, 0.25) is 5.75 Å². The Morgan fingerprint density at radius 3 is 2.50 bits per heavy atom. The van der Waals surface area contributed by atoms with Gasteiger partial charge in [-0.05, 0) is 38.1 Å². The molecule has 9 nitrogen and oxygen atoms in total. The highest BCUT2D eigenvalue weighted by Gasteiger charge is 2.31. The molecular weight excluding hydrogens is 485 g/mol. The summed E-state index contributed by atoms with van der Waals surface area (Å²) in [5.41, 5.74) is 1.59. The van der Waals surface area contributed by atoms with Gasteiger partial charge in [-0.15, -0.1) is 0 Å². The van der Waals surface area contributed by atoms with Crippen LogP contribution >= 0.6 is 11.6 Å². The van der Waals surface area contributed by atoms with Crippen molar-refractivity contribution in [1.82, 2.24) is 5.48 Å². The maximum Gasteiger partial charge on any atom is 0.416 e. The average molecular weight is 505 g/mol. The number of nitro benzene ring substituents is 1. The second-order valence-corrected chi connectivity index (χ2v) is 7.20. The summed E-state index contributed by atoms with van der Waals surface area (Å²) in [4.78, 5) is 27.7. The van der Waals surface area contributed by atoms with E-state index in [0.717, 1.165) is 24.3 Å². The van der Waals surface area contributed by atoms with E-state index in [4.69, 9.17) is 30.6 Å². The van der Waals surface area contributed by atoms with Crippen LogP contribution in [0.5, 0.6) is 17.2 Å². The third-order valence-corrected chi connectivity index (χ3v) is 4.22. The molecule has 0 aromatic heterocycles. The minimum absolute atomic E-state index is 0.0165. The first-order valence-electron chi connectivity index (χ1n) is 9.58. The highest BCUT2D eigenvalue weighted by atomic mass is 35.5. The number of rotatable bonds is 11. The van der Waals surface area contributed by atoms with Gasteiger partial charge in [-0.1, -0.05) is 18.2 Å². The molecule has 0 aliphatic rings. The smallest absolute Gasteiger partial charge is 0.416 e. The molecule has 1 atom stereocenters. The zero-order valence-electron chi connectivity index (χ0n) is 18.0. The number of carbonyl (C=O) groups is 1. The van der Waals surface area contributed by atoms with Crippen molar-refractivity contribution in [1.29, 1.82) is 0 Å². The number of esters is 1. The maximum atomic E-state index is 12.8. The van der Waals surface area contributed by atoms with Crippen molar-refractivity contribution in [2.75, 3.05) is 13.2 Å². The molecular formula is C21H20ClF3N2O7. The van der Waals surface area contributed by atoms with Gasteiger partial charge in [0.15, 0.2) is 6.10 Å². The van der Waals surface area contributed by atoms with Crippen molar-refractivity contribution in [2.24, 2.45) is 0 Å². The first-order chi connectivity index (χ1) is 15.9. The molecule has 34 heavy (non-hydrogen) atoms. The molecule has 0 saturated carbocycles. The first kappa shape index (κ1) is 26.7. The molecule has 0 amide bonds. The molecule has 1 unspecified atom stereocenters. The van der Waals surface area contributed by atoms with Crippen LogP contribution in [0, 0.1) is 10.1 Å². The lowest BCUT2D eigenvalue weighted by Gasteiger charge is -2.15. The largest absolute Gasteiger partial charge is 0.472 e. The van der Waals surface area contributed by atoms with Crippen molar-refractivity contribution in [3.05, 3.63) is 69.4 Å². The zero-order chi connectivity index (χ0) is 25.5. The Balaban J connectivity index is 2.12. The highest BCUT2D eigenvalue weighted by molar-refractivity contribution is 6.32.